The molecule has 1 rings (SSSR count). The van der Waals surface area contributed by atoms with Gasteiger partial charge in [-0.05, 0) is 39.0 Å². The Morgan fingerprint density at radius 1 is 1.17 bits per heavy atom. The topological polar surface area (TPSA) is 61.4 Å². The number of hydrogen-bond donors (Lipinski definition) is 2. The van der Waals surface area contributed by atoms with Crippen molar-refractivity contribution < 1.29 is 9.59 Å². The van der Waals surface area contributed by atoms with Crippen molar-refractivity contribution in [1.82, 2.24) is 10.2 Å². The van der Waals surface area contributed by atoms with E-state index in [1.165, 1.54) is 0 Å². The van der Waals surface area contributed by atoms with E-state index in [4.69, 9.17) is 0 Å². The van der Waals surface area contributed by atoms with Crippen LogP contribution in [0.15, 0.2) is 49.6 Å². The summed E-state index contributed by atoms with van der Waals surface area (Å²) in [5.74, 6) is -0.197. The van der Waals surface area contributed by atoms with Crippen molar-refractivity contribution in [3.05, 3.63) is 55.1 Å². The molecular formula is C19H27N3O2. The van der Waals surface area contributed by atoms with Gasteiger partial charge in [-0.15, -0.1) is 13.2 Å². The molecule has 24 heavy (non-hydrogen) atoms. The quantitative estimate of drug-likeness (QED) is 0.721. The lowest BCUT2D eigenvalue weighted by Gasteiger charge is -2.21. The van der Waals surface area contributed by atoms with Gasteiger partial charge in [0.1, 0.15) is 0 Å². The van der Waals surface area contributed by atoms with Crippen LogP contribution in [0.5, 0.6) is 0 Å². The molecule has 0 saturated heterocycles. The van der Waals surface area contributed by atoms with Crippen LogP contribution in [-0.4, -0.2) is 41.9 Å². The Morgan fingerprint density at radius 3 is 2.33 bits per heavy atom. The SMILES string of the molecule is C=CCN(CC=C)C(=O)CNc1cccc(C(=O)NC(C)(C)C)c1. The number of nitrogens with zero attached hydrogens (tertiary/aromatic N) is 1. The Labute approximate surface area is 144 Å². The van der Waals surface area contributed by atoms with Crippen LogP contribution >= 0.6 is 0 Å². The Hall–Kier alpha value is -2.56. The van der Waals surface area contributed by atoms with Gasteiger partial charge in [0.25, 0.3) is 5.91 Å². The van der Waals surface area contributed by atoms with Crippen molar-refractivity contribution in [2.24, 2.45) is 0 Å². The number of amides is 2. The fraction of sp³-hybridized carbons (Fsp3) is 0.368. The van der Waals surface area contributed by atoms with Crippen molar-refractivity contribution in [3.8, 4) is 0 Å². The van der Waals surface area contributed by atoms with E-state index in [0.29, 0.717) is 18.7 Å². The maximum absolute atomic E-state index is 12.2. The molecule has 0 aromatic heterocycles. The first-order valence-electron chi connectivity index (χ1n) is 7.93. The Balaban J connectivity index is 2.70. The minimum atomic E-state index is -0.299. The minimum Gasteiger partial charge on any atom is -0.376 e. The number of carbonyl (C=O) groups excluding carboxylic acids is 2. The summed E-state index contributed by atoms with van der Waals surface area (Å²) in [5, 5.41) is 5.98. The molecule has 1 aromatic rings. The van der Waals surface area contributed by atoms with Crippen LogP contribution in [0.1, 0.15) is 31.1 Å². The highest BCUT2D eigenvalue weighted by molar-refractivity contribution is 5.95. The lowest BCUT2D eigenvalue weighted by molar-refractivity contribution is -0.128. The number of rotatable bonds is 8. The molecule has 0 heterocycles. The van der Waals surface area contributed by atoms with Gasteiger partial charge in [-0.2, -0.15) is 0 Å². The molecular weight excluding hydrogens is 302 g/mol. The number of hydrogen-bond acceptors (Lipinski definition) is 3. The molecule has 0 saturated carbocycles. The summed E-state index contributed by atoms with van der Waals surface area (Å²) >= 11 is 0. The van der Waals surface area contributed by atoms with Crippen LogP contribution < -0.4 is 10.6 Å². The summed E-state index contributed by atoms with van der Waals surface area (Å²) in [5.41, 5.74) is 0.977. The Morgan fingerprint density at radius 2 is 1.79 bits per heavy atom. The first-order valence-corrected chi connectivity index (χ1v) is 7.93. The summed E-state index contributed by atoms with van der Waals surface area (Å²) < 4.78 is 0. The van der Waals surface area contributed by atoms with Gasteiger partial charge in [0.15, 0.2) is 0 Å². The second-order valence-corrected chi connectivity index (χ2v) is 6.51. The lowest BCUT2D eigenvalue weighted by atomic mass is 10.1. The van der Waals surface area contributed by atoms with Crippen molar-refractivity contribution in [3.63, 3.8) is 0 Å². The van der Waals surface area contributed by atoms with Crippen molar-refractivity contribution in [2.45, 2.75) is 26.3 Å². The van der Waals surface area contributed by atoms with Gasteiger partial charge in [0.05, 0.1) is 6.54 Å². The summed E-state index contributed by atoms with van der Waals surface area (Å²) in [6.07, 6.45) is 3.36. The average Bonchev–Trinajstić information content (AvgIpc) is 2.51. The molecule has 2 N–H and O–H groups in total. The summed E-state index contributed by atoms with van der Waals surface area (Å²) in [6.45, 7) is 14.2. The third-order valence-electron chi connectivity index (χ3n) is 3.11. The smallest absolute Gasteiger partial charge is 0.251 e. The standard InChI is InChI=1S/C19H27N3O2/c1-6-11-22(12-7-2)17(23)14-20-16-10-8-9-15(13-16)18(24)21-19(3,4)5/h6-10,13,20H,1-2,11-12,14H2,3-5H3,(H,21,24). The van der Waals surface area contributed by atoms with E-state index in [0.717, 1.165) is 5.69 Å². The summed E-state index contributed by atoms with van der Waals surface area (Å²) in [6, 6.07) is 7.09. The molecule has 1 aromatic carbocycles. The Bertz CT molecular complexity index is 593. The van der Waals surface area contributed by atoms with Crippen molar-refractivity contribution >= 4 is 17.5 Å². The van der Waals surface area contributed by atoms with Crippen LogP contribution in [0.3, 0.4) is 0 Å². The van der Waals surface area contributed by atoms with Crippen molar-refractivity contribution in [1.29, 1.82) is 0 Å². The second-order valence-electron chi connectivity index (χ2n) is 6.51. The van der Waals surface area contributed by atoms with E-state index in [1.807, 2.05) is 26.8 Å². The van der Waals surface area contributed by atoms with Crippen LogP contribution in [-0.2, 0) is 4.79 Å². The zero-order chi connectivity index (χ0) is 18.2. The van der Waals surface area contributed by atoms with E-state index >= 15 is 0 Å². The van der Waals surface area contributed by atoms with Crippen molar-refractivity contribution in [2.75, 3.05) is 25.0 Å². The molecule has 0 aliphatic heterocycles. The zero-order valence-electron chi connectivity index (χ0n) is 14.8. The highest BCUT2D eigenvalue weighted by Crippen LogP contribution is 2.12. The number of benzene rings is 1. The van der Waals surface area contributed by atoms with Gasteiger partial charge < -0.3 is 15.5 Å². The third-order valence-corrected chi connectivity index (χ3v) is 3.11. The third kappa shape index (κ3) is 6.69. The second kappa shape index (κ2) is 8.91. The van der Waals surface area contributed by atoms with E-state index in [-0.39, 0.29) is 23.9 Å². The van der Waals surface area contributed by atoms with Gasteiger partial charge in [-0.3, -0.25) is 9.59 Å². The van der Waals surface area contributed by atoms with Crippen LogP contribution in [0.25, 0.3) is 0 Å². The molecule has 0 fully saturated rings. The van der Waals surface area contributed by atoms with Crippen LogP contribution in [0.2, 0.25) is 0 Å². The number of nitrogens with one attached hydrogen (secondary N) is 2. The van der Waals surface area contributed by atoms with Gasteiger partial charge in [-0.1, -0.05) is 18.2 Å². The fourth-order valence-electron chi connectivity index (χ4n) is 2.06. The van der Waals surface area contributed by atoms with E-state index in [9.17, 15) is 9.59 Å². The van der Waals surface area contributed by atoms with Gasteiger partial charge >= 0.3 is 0 Å². The number of carbonyl (C=O) groups is 2. The number of anilines is 1. The monoisotopic (exact) mass is 329 g/mol. The molecule has 0 bridgehead atoms. The summed E-state index contributed by atoms with van der Waals surface area (Å²) in [4.78, 5) is 26.0. The van der Waals surface area contributed by atoms with Crippen LogP contribution in [0.4, 0.5) is 5.69 Å². The molecule has 5 nitrogen and oxygen atoms in total. The Kier molecular flexibility index (Phi) is 7.24. The maximum Gasteiger partial charge on any atom is 0.251 e. The molecule has 0 spiro atoms. The largest absolute Gasteiger partial charge is 0.376 e. The highest BCUT2D eigenvalue weighted by Gasteiger charge is 2.15. The lowest BCUT2D eigenvalue weighted by Crippen LogP contribution is -2.40. The fourth-order valence-corrected chi connectivity index (χ4v) is 2.06. The molecule has 0 radical (unpaired) electrons. The van der Waals surface area contributed by atoms with Crippen LogP contribution in [0, 0.1) is 0 Å². The average molecular weight is 329 g/mol. The molecule has 130 valence electrons. The maximum atomic E-state index is 12.2. The van der Waals surface area contributed by atoms with Gasteiger partial charge in [-0.25, -0.2) is 0 Å². The zero-order valence-corrected chi connectivity index (χ0v) is 14.8. The van der Waals surface area contributed by atoms with Gasteiger partial charge in [0, 0.05) is 29.9 Å². The predicted octanol–water partition coefficient (Wildman–Crippen LogP) is 2.83. The predicted molar refractivity (Wildman–Crippen MR) is 99.1 cm³/mol. The van der Waals surface area contributed by atoms with E-state index in [1.54, 1.807) is 35.3 Å². The molecule has 0 aliphatic rings. The normalized spacial score (nSPS) is 10.6. The molecule has 0 atom stereocenters. The highest BCUT2D eigenvalue weighted by atomic mass is 16.2. The molecule has 2 amide bonds. The van der Waals surface area contributed by atoms with E-state index in [2.05, 4.69) is 23.8 Å². The first-order chi connectivity index (χ1) is 11.3. The minimum absolute atomic E-state index is 0.0562. The first kappa shape index (κ1) is 19.5. The van der Waals surface area contributed by atoms with Gasteiger partial charge in [0.2, 0.25) is 5.91 Å². The molecule has 0 unspecified atom stereocenters. The molecule has 0 aliphatic carbocycles. The van der Waals surface area contributed by atoms with E-state index < -0.39 is 0 Å². The molecule has 5 heteroatoms. The summed E-state index contributed by atoms with van der Waals surface area (Å²) in [7, 11) is 0.